The Kier molecular flexibility index (Phi) is 5.11. The second-order valence-corrected chi connectivity index (χ2v) is 7.36. The van der Waals surface area contributed by atoms with Gasteiger partial charge < -0.3 is 10.4 Å². The summed E-state index contributed by atoms with van der Waals surface area (Å²) in [4.78, 5) is 24.8. The van der Waals surface area contributed by atoms with Crippen molar-refractivity contribution in [1.82, 2.24) is 5.32 Å². The third-order valence-electron chi connectivity index (χ3n) is 5.55. The molecular weight excluding hydrogens is 350 g/mol. The van der Waals surface area contributed by atoms with Gasteiger partial charge >= 0.3 is 5.97 Å². The van der Waals surface area contributed by atoms with E-state index in [1.165, 1.54) is 5.56 Å². The molecule has 0 unspecified atom stereocenters. The van der Waals surface area contributed by atoms with Crippen molar-refractivity contribution in [2.75, 3.05) is 0 Å². The van der Waals surface area contributed by atoms with Gasteiger partial charge in [0.25, 0.3) is 5.91 Å². The second kappa shape index (κ2) is 7.85. The van der Waals surface area contributed by atoms with Gasteiger partial charge in [0.05, 0.1) is 0 Å². The Balaban J connectivity index is 1.59. The third kappa shape index (κ3) is 3.63. The van der Waals surface area contributed by atoms with Crippen LogP contribution in [0.4, 0.5) is 0 Å². The lowest BCUT2D eigenvalue weighted by atomic mass is 9.88. The minimum absolute atomic E-state index is 0.247. The van der Waals surface area contributed by atoms with Gasteiger partial charge in [0, 0.05) is 12.0 Å². The summed E-state index contributed by atoms with van der Waals surface area (Å²) in [6.45, 7) is 0. The van der Waals surface area contributed by atoms with Crippen LogP contribution in [0.5, 0.6) is 0 Å². The number of amides is 1. The number of hydrogen-bond donors (Lipinski definition) is 2. The Labute approximate surface area is 164 Å². The van der Waals surface area contributed by atoms with Crippen LogP contribution in [0, 0.1) is 0 Å². The first-order valence-corrected chi connectivity index (χ1v) is 9.74. The fourth-order valence-corrected chi connectivity index (χ4v) is 4.12. The number of aryl methyl sites for hydroxylation is 1. The van der Waals surface area contributed by atoms with E-state index >= 15 is 0 Å². The Morgan fingerprint density at radius 2 is 1.68 bits per heavy atom. The van der Waals surface area contributed by atoms with E-state index in [2.05, 4.69) is 11.4 Å². The maximum Gasteiger partial charge on any atom is 0.326 e. The first-order chi connectivity index (χ1) is 13.6. The van der Waals surface area contributed by atoms with Gasteiger partial charge in [-0.05, 0) is 59.2 Å². The minimum Gasteiger partial charge on any atom is -0.480 e. The number of carbonyl (C=O) groups is 2. The molecular formula is C24H23NO3. The second-order valence-electron chi connectivity index (χ2n) is 7.36. The Hall–Kier alpha value is -3.14. The molecule has 0 heterocycles. The highest BCUT2D eigenvalue weighted by atomic mass is 16.4. The lowest BCUT2D eigenvalue weighted by molar-refractivity contribution is -0.139. The van der Waals surface area contributed by atoms with Gasteiger partial charge in [-0.1, -0.05) is 54.6 Å². The molecule has 1 aliphatic rings. The van der Waals surface area contributed by atoms with Gasteiger partial charge in [-0.15, -0.1) is 0 Å². The van der Waals surface area contributed by atoms with E-state index in [0.717, 1.165) is 47.6 Å². The standard InChI is InChI=1S/C24H23NO3/c26-23(21-14-6-10-17-8-2-4-13-20(17)21)25-22(24(27)28)15-18-11-5-9-16-7-1-3-12-19(16)18/h1,3,5-7,9-12,14,22H,2,4,8,13,15H2,(H,25,26)(H,27,28)/t22-/m0/s1. The molecule has 2 N–H and O–H groups in total. The van der Waals surface area contributed by atoms with Gasteiger partial charge in [-0.25, -0.2) is 4.79 Å². The van der Waals surface area contributed by atoms with E-state index in [0.29, 0.717) is 5.56 Å². The molecule has 4 nitrogen and oxygen atoms in total. The molecule has 0 aromatic heterocycles. The van der Waals surface area contributed by atoms with Gasteiger partial charge in [-0.3, -0.25) is 4.79 Å². The van der Waals surface area contributed by atoms with Crippen molar-refractivity contribution < 1.29 is 14.7 Å². The molecule has 0 aliphatic heterocycles. The largest absolute Gasteiger partial charge is 0.480 e. The Morgan fingerprint density at radius 1 is 0.929 bits per heavy atom. The molecule has 3 aromatic rings. The number of rotatable bonds is 5. The number of nitrogens with one attached hydrogen (secondary N) is 1. The van der Waals surface area contributed by atoms with Crippen molar-refractivity contribution >= 4 is 22.6 Å². The molecule has 142 valence electrons. The quantitative estimate of drug-likeness (QED) is 0.706. The lowest BCUT2D eigenvalue weighted by Crippen LogP contribution is -2.42. The van der Waals surface area contributed by atoms with Crippen LogP contribution in [0.1, 0.15) is 39.9 Å². The van der Waals surface area contributed by atoms with Crippen molar-refractivity contribution in [3.05, 3.63) is 82.9 Å². The van der Waals surface area contributed by atoms with Gasteiger partial charge in [0.15, 0.2) is 0 Å². The van der Waals surface area contributed by atoms with E-state index in [1.54, 1.807) is 6.07 Å². The average molecular weight is 373 g/mol. The van der Waals surface area contributed by atoms with Crippen LogP contribution >= 0.6 is 0 Å². The van der Waals surface area contributed by atoms with Crippen LogP contribution in [-0.2, 0) is 24.1 Å². The van der Waals surface area contributed by atoms with Gasteiger partial charge in [0.1, 0.15) is 6.04 Å². The molecule has 1 amide bonds. The SMILES string of the molecule is O=C(N[C@@H](Cc1cccc2ccccc12)C(=O)O)c1cccc2c1CCCC2. The van der Waals surface area contributed by atoms with Crippen LogP contribution < -0.4 is 5.32 Å². The van der Waals surface area contributed by atoms with Gasteiger partial charge in [-0.2, -0.15) is 0 Å². The summed E-state index contributed by atoms with van der Waals surface area (Å²) in [6.07, 6.45) is 4.30. The highest BCUT2D eigenvalue weighted by Crippen LogP contribution is 2.25. The number of hydrogen-bond acceptors (Lipinski definition) is 2. The molecule has 0 saturated carbocycles. The molecule has 4 rings (SSSR count). The number of carbonyl (C=O) groups excluding carboxylic acids is 1. The number of carboxylic acid groups (broad SMARTS) is 1. The summed E-state index contributed by atoms with van der Waals surface area (Å²) in [5.41, 5.74) is 3.81. The van der Waals surface area contributed by atoms with E-state index in [-0.39, 0.29) is 12.3 Å². The van der Waals surface area contributed by atoms with Crippen molar-refractivity contribution in [1.29, 1.82) is 0 Å². The fraction of sp³-hybridized carbons (Fsp3) is 0.250. The zero-order valence-electron chi connectivity index (χ0n) is 15.7. The highest BCUT2D eigenvalue weighted by Gasteiger charge is 2.24. The van der Waals surface area contributed by atoms with Crippen LogP contribution in [0.2, 0.25) is 0 Å². The maximum absolute atomic E-state index is 12.9. The summed E-state index contributed by atoms with van der Waals surface area (Å²) in [5, 5.41) is 14.6. The predicted octanol–water partition coefficient (Wildman–Crippen LogP) is 4.14. The fourth-order valence-electron chi connectivity index (χ4n) is 4.12. The van der Waals surface area contributed by atoms with E-state index in [9.17, 15) is 14.7 Å². The smallest absolute Gasteiger partial charge is 0.326 e. The first-order valence-electron chi connectivity index (χ1n) is 9.74. The predicted molar refractivity (Wildman–Crippen MR) is 110 cm³/mol. The molecule has 0 radical (unpaired) electrons. The minimum atomic E-state index is -1.02. The van der Waals surface area contributed by atoms with Crippen molar-refractivity contribution in [3.63, 3.8) is 0 Å². The summed E-state index contributed by atoms with van der Waals surface area (Å²) in [7, 11) is 0. The number of benzene rings is 3. The molecule has 0 fully saturated rings. The lowest BCUT2D eigenvalue weighted by Gasteiger charge is -2.21. The topological polar surface area (TPSA) is 66.4 Å². The van der Waals surface area contributed by atoms with Gasteiger partial charge in [0.2, 0.25) is 0 Å². The zero-order chi connectivity index (χ0) is 19.5. The van der Waals surface area contributed by atoms with Crippen molar-refractivity contribution in [2.24, 2.45) is 0 Å². The monoisotopic (exact) mass is 373 g/mol. The number of carboxylic acids is 1. The zero-order valence-corrected chi connectivity index (χ0v) is 15.7. The summed E-state index contributed by atoms with van der Waals surface area (Å²) in [6, 6.07) is 18.5. The van der Waals surface area contributed by atoms with Crippen LogP contribution in [0.3, 0.4) is 0 Å². The molecule has 3 aromatic carbocycles. The van der Waals surface area contributed by atoms with Crippen molar-refractivity contribution in [2.45, 2.75) is 38.1 Å². The third-order valence-corrected chi connectivity index (χ3v) is 5.55. The molecule has 1 atom stereocenters. The van der Waals surface area contributed by atoms with Crippen molar-refractivity contribution in [3.8, 4) is 0 Å². The summed E-state index contributed by atoms with van der Waals surface area (Å²) < 4.78 is 0. The highest BCUT2D eigenvalue weighted by molar-refractivity contribution is 5.98. The molecule has 0 bridgehead atoms. The summed E-state index contributed by atoms with van der Waals surface area (Å²) in [5.74, 6) is -1.32. The van der Waals surface area contributed by atoms with E-state index in [4.69, 9.17) is 0 Å². The summed E-state index contributed by atoms with van der Waals surface area (Å²) >= 11 is 0. The van der Waals surface area contributed by atoms with Crippen LogP contribution in [-0.4, -0.2) is 23.0 Å². The van der Waals surface area contributed by atoms with Crippen LogP contribution in [0.15, 0.2) is 60.7 Å². The number of fused-ring (bicyclic) bond motifs is 2. The molecule has 4 heteroatoms. The first kappa shape index (κ1) is 18.2. The normalized spacial score (nSPS) is 14.3. The van der Waals surface area contributed by atoms with E-state index < -0.39 is 12.0 Å². The maximum atomic E-state index is 12.9. The molecule has 0 spiro atoms. The molecule has 1 aliphatic carbocycles. The van der Waals surface area contributed by atoms with Crippen LogP contribution in [0.25, 0.3) is 10.8 Å². The Bertz CT molecular complexity index is 1040. The number of aliphatic carboxylic acids is 1. The molecule has 0 saturated heterocycles. The average Bonchev–Trinajstić information content (AvgIpc) is 2.73. The van der Waals surface area contributed by atoms with E-state index in [1.807, 2.05) is 48.5 Å². The molecule has 28 heavy (non-hydrogen) atoms. The Morgan fingerprint density at radius 3 is 2.54 bits per heavy atom.